The van der Waals surface area contributed by atoms with E-state index in [2.05, 4.69) is 6.92 Å². The van der Waals surface area contributed by atoms with Crippen LogP contribution in [0, 0.1) is 5.92 Å². The Balaban J connectivity index is 1.87. The van der Waals surface area contributed by atoms with Crippen molar-refractivity contribution < 1.29 is 9.90 Å². The molecule has 0 bridgehead atoms. The summed E-state index contributed by atoms with van der Waals surface area (Å²) >= 11 is 0. The highest BCUT2D eigenvalue weighted by atomic mass is 16.3. The second kappa shape index (κ2) is 6.75. The number of aromatic hydroxyl groups is 1. The normalized spacial score (nSPS) is 20.1. The molecule has 1 saturated heterocycles. The van der Waals surface area contributed by atoms with Crippen molar-refractivity contribution in [3.8, 4) is 5.75 Å². The van der Waals surface area contributed by atoms with Crippen LogP contribution in [0.15, 0.2) is 24.3 Å². The van der Waals surface area contributed by atoms with Crippen molar-refractivity contribution in [1.29, 1.82) is 0 Å². The van der Waals surface area contributed by atoms with E-state index in [1.165, 1.54) is 12.8 Å². The summed E-state index contributed by atoms with van der Waals surface area (Å²) in [5.74, 6) is 0.928. The highest BCUT2D eigenvalue weighted by molar-refractivity contribution is 5.82. The average Bonchev–Trinajstić information content (AvgIpc) is 2.89. The standard InChI is InChI=1S/C16H24N2O2/c1-2-3-13-8-9-18(11-13)16(20)15(17)10-12-4-6-14(19)7-5-12/h4-7,13,15,19H,2-3,8-11,17H2,1H3/t13?,15-/m0/s1. The molecule has 1 aliphatic heterocycles. The van der Waals surface area contributed by atoms with E-state index in [9.17, 15) is 9.90 Å². The molecule has 1 fully saturated rings. The molecule has 0 aromatic heterocycles. The van der Waals surface area contributed by atoms with Crippen LogP contribution < -0.4 is 5.73 Å². The van der Waals surface area contributed by atoms with E-state index < -0.39 is 6.04 Å². The van der Waals surface area contributed by atoms with Gasteiger partial charge in [0.1, 0.15) is 5.75 Å². The highest BCUT2D eigenvalue weighted by Gasteiger charge is 2.28. The van der Waals surface area contributed by atoms with E-state index in [0.717, 1.165) is 25.1 Å². The van der Waals surface area contributed by atoms with E-state index >= 15 is 0 Å². The minimum atomic E-state index is -0.486. The maximum atomic E-state index is 12.3. The first kappa shape index (κ1) is 14.9. The Kier molecular flexibility index (Phi) is 5.01. The minimum Gasteiger partial charge on any atom is -0.508 e. The van der Waals surface area contributed by atoms with Crippen LogP contribution in [0.1, 0.15) is 31.7 Å². The summed E-state index contributed by atoms with van der Waals surface area (Å²) in [5.41, 5.74) is 7.01. The summed E-state index contributed by atoms with van der Waals surface area (Å²) in [6.45, 7) is 3.88. The van der Waals surface area contributed by atoms with Crippen LogP contribution in [0.2, 0.25) is 0 Å². The van der Waals surface area contributed by atoms with E-state index in [0.29, 0.717) is 12.3 Å². The molecule has 0 aliphatic carbocycles. The number of likely N-dealkylation sites (tertiary alicyclic amines) is 1. The molecule has 110 valence electrons. The smallest absolute Gasteiger partial charge is 0.239 e. The quantitative estimate of drug-likeness (QED) is 0.863. The van der Waals surface area contributed by atoms with Crippen molar-refractivity contribution >= 4 is 5.91 Å². The molecule has 0 spiro atoms. The summed E-state index contributed by atoms with van der Waals surface area (Å²) in [4.78, 5) is 14.2. The van der Waals surface area contributed by atoms with Gasteiger partial charge in [-0.1, -0.05) is 25.5 Å². The summed E-state index contributed by atoms with van der Waals surface area (Å²) in [6.07, 6.45) is 3.99. The molecule has 3 N–H and O–H groups in total. The zero-order valence-electron chi connectivity index (χ0n) is 12.1. The number of nitrogens with two attached hydrogens (primary N) is 1. The van der Waals surface area contributed by atoms with Gasteiger partial charge >= 0.3 is 0 Å². The lowest BCUT2D eigenvalue weighted by Crippen LogP contribution is -2.43. The van der Waals surface area contributed by atoms with Gasteiger partial charge in [0.2, 0.25) is 5.91 Å². The van der Waals surface area contributed by atoms with Gasteiger partial charge in [0, 0.05) is 13.1 Å². The van der Waals surface area contributed by atoms with E-state index in [4.69, 9.17) is 5.73 Å². The Morgan fingerprint density at radius 2 is 2.15 bits per heavy atom. The van der Waals surface area contributed by atoms with E-state index in [1.54, 1.807) is 12.1 Å². The fourth-order valence-corrected chi connectivity index (χ4v) is 2.88. The maximum Gasteiger partial charge on any atom is 0.239 e. The molecule has 20 heavy (non-hydrogen) atoms. The number of phenolic OH excluding ortho intramolecular Hbond substituents is 1. The molecule has 1 amide bonds. The first-order chi connectivity index (χ1) is 9.60. The molecule has 0 saturated carbocycles. The molecule has 4 nitrogen and oxygen atoms in total. The SMILES string of the molecule is CCCC1CCN(C(=O)[C@@H](N)Cc2ccc(O)cc2)C1. The molecule has 1 heterocycles. The number of phenols is 1. The van der Waals surface area contributed by atoms with Crippen LogP contribution in [0.5, 0.6) is 5.75 Å². The summed E-state index contributed by atoms with van der Waals surface area (Å²) in [7, 11) is 0. The molecule has 1 aromatic carbocycles. The van der Waals surface area contributed by atoms with Crippen LogP contribution in [0.25, 0.3) is 0 Å². The summed E-state index contributed by atoms with van der Waals surface area (Å²) in [6, 6.07) is 6.39. The monoisotopic (exact) mass is 276 g/mol. The predicted octanol–water partition coefficient (Wildman–Crippen LogP) is 1.91. The highest BCUT2D eigenvalue weighted by Crippen LogP contribution is 2.21. The molecule has 2 atom stereocenters. The van der Waals surface area contributed by atoms with Gasteiger partial charge < -0.3 is 15.7 Å². The molecule has 0 radical (unpaired) electrons. The van der Waals surface area contributed by atoms with Crippen LogP contribution >= 0.6 is 0 Å². The van der Waals surface area contributed by atoms with Crippen LogP contribution in [-0.2, 0) is 11.2 Å². The molecule has 1 unspecified atom stereocenters. The predicted molar refractivity (Wildman–Crippen MR) is 79.4 cm³/mol. The van der Waals surface area contributed by atoms with Crippen LogP contribution in [0.4, 0.5) is 0 Å². The zero-order chi connectivity index (χ0) is 14.5. The lowest BCUT2D eigenvalue weighted by Gasteiger charge is -2.21. The van der Waals surface area contributed by atoms with Gasteiger partial charge in [0.25, 0.3) is 0 Å². The molecule has 1 aromatic rings. The van der Waals surface area contributed by atoms with Crippen molar-refractivity contribution in [2.75, 3.05) is 13.1 Å². The van der Waals surface area contributed by atoms with Gasteiger partial charge in [-0.15, -0.1) is 0 Å². The van der Waals surface area contributed by atoms with Crippen molar-refractivity contribution in [3.63, 3.8) is 0 Å². The first-order valence-electron chi connectivity index (χ1n) is 7.42. The molecule has 2 rings (SSSR count). The fraction of sp³-hybridized carbons (Fsp3) is 0.562. The third-order valence-electron chi connectivity index (χ3n) is 4.00. The third kappa shape index (κ3) is 3.73. The Labute approximate surface area is 120 Å². The second-order valence-electron chi connectivity index (χ2n) is 5.70. The number of hydrogen-bond donors (Lipinski definition) is 2. The topological polar surface area (TPSA) is 66.6 Å². The minimum absolute atomic E-state index is 0.0525. The van der Waals surface area contributed by atoms with Gasteiger partial charge in [-0.3, -0.25) is 4.79 Å². The lowest BCUT2D eigenvalue weighted by atomic mass is 10.0. The fourth-order valence-electron chi connectivity index (χ4n) is 2.88. The van der Waals surface area contributed by atoms with Gasteiger partial charge in [0.15, 0.2) is 0 Å². The molecule has 1 aliphatic rings. The second-order valence-corrected chi connectivity index (χ2v) is 5.70. The van der Waals surface area contributed by atoms with Gasteiger partial charge in [0.05, 0.1) is 6.04 Å². The van der Waals surface area contributed by atoms with Crippen molar-refractivity contribution in [2.45, 2.75) is 38.6 Å². The van der Waals surface area contributed by atoms with Crippen molar-refractivity contribution in [2.24, 2.45) is 11.7 Å². The Morgan fingerprint density at radius 3 is 2.80 bits per heavy atom. The summed E-state index contributed by atoms with van der Waals surface area (Å²) < 4.78 is 0. The zero-order valence-corrected chi connectivity index (χ0v) is 12.1. The van der Waals surface area contributed by atoms with E-state index in [1.807, 2.05) is 17.0 Å². The number of carbonyl (C=O) groups excluding carboxylic acids is 1. The number of rotatable bonds is 5. The number of hydrogen-bond acceptors (Lipinski definition) is 3. The number of amides is 1. The van der Waals surface area contributed by atoms with Gasteiger partial charge in [-0.25, -0.2) is 0 Å². The van der Waals surface area contributed by atoms with Gasteiger partial charge in [-0.05, 0) is 42.9 Å². The number of benzene rings is 1. The first-order valence-corrected chi connectivity index (χ1v) is 7.42. The molecule has 4 heteroatoms. The number of nitrogens with zero attached hydrogens (tertiary/aromatic N) is 1. The maximum absolute atomic E-state index is 12.3. The lowest BCUT2D eigenvalue weighted by molar-refractivity contribution is -0.131. The van der Waals surface area contributed by atoms with E-state index in [-0.39, 0.29) is 11.7 Å². The van der Waals surface area contributed by atoms with Crippen LogP contribution in [-0.4, -0.2) is 35.0 Å². The number of carbonyl (C=O) groups is 1. The van der Waals surface area contributed by atoms with Crippen molar-refractivity contribution in [1.82, 2.24) is 4.90 Å². The Bertz CT molecular complexity index is 444. The van der Waals surface area contributed by atoms with Gasteiger partial charge in [-0.2, -0.15) is 0 Å². The Hall–Kier alpha value is -1.55. The van der Waals surface area contributed by atoms with Crippen molar-refractivity contribution in [3.05, 3.63) is 29.8 Å². The summed E-state index contributed by atoms with van der Waals surface area (Å²) in [5, 5.41) is 9.25. The average molecular weight is 276 g/mol. The molecular weight excluding hydrogens is 252 g/mol. The largest absolute Gasteiger partial charge is 0.508 e. The molecular formula is C16H24N2O2. The Morgan fingerprint density at radius 1 is 1.45 bits per heavy atom. The third-order valence-corrected chi connectivity index (χ3v) is 4.00. The van der Waals surface area contributed by atoms with Crippen LogP contribution in [0.3, 0.4) is 0 Å².